The molecule has 0 unspecified atom stereocenters. The fourth-order valence-corrected chi connectivity index (χ4v) is 4.94. The number of fused-ring (bicyclic) bond motifs is 2. The lowest BCUT2D eigenvalue weighted by Gasteiger charge is -2.19. The maximum atomic E-state index is 13.4. The van der Waals surface area contributed by atoms with Crippen LogP contribution in [0.1, 0.15) is 43.8 Å². The highest BCUT2D eigenvalue weighted by Crippen LogP contribution is 2.38. The van der Waals surface area contributed by atoms with Gasteiger partial charge in [0, 0.05) is 16.9 Å². The molecule has 6 nitrogen and oxygen atoms in total. The molecule has 1 fully saturated rings. The van der Waals surface area contributed by atoms with Gasteiger partial charge in [0.1, 0.15) is 29.2 Å². The Hall–Kier alpha value is -3.74. The number of nitrogens with two attached hydrogens (primary N) is 1. The normalized spacial score (nSPS) is 15.0. The lowest BCUT2D eigenvalue weighted by Crippen LogP contribution is -2.10. The summed E-state index contributed by atoms with van der Waals surface area (Å²) in [6, 6.07) is 14.7. The fourth-order valence-electron chi connectivity index (χ4n) is 4.94. The number of para-hydroxylation sites is 1. The summed E-state index contributed by atoms with van der Waals surface area (Å²) in [6.45, 7) is 0. The largest absolute Gasteiger partial charge is 0.382 e. The van der Waals surface area contributed by atoms with Crippen LogP contribution in [0.15, 0.2) is 54.9 Å². The van der Waals surface area contributed by atoms with Crippen LogP contribution in [0.4, 0.5) is 10.2 Å². The van der Waals surface area contributed by atoms with E-state index in [2.05, 4.69) is 27.2 Å². The lowest BCUT2D eigenvalue weighted by atomic mass is 9.89. The monoisotopic (exact) mass is 426 g/mol. The molecule has 5 aromatic rings. The highest BCUT2D eigenvalue weighted by Gasteiger charge is 2.25. The Balaban J connectivity index is 1.54. The van der Waals surface area contributed by atoms with E-state index in [-0.39, 0.29) is 5.82 Å². The number of aromatic amines is 1. The minimum atomic E-state index is -0.247. The van der Waals surface area contributed by atoms with E-state index in [0.29, 0.717) is 11.7 Å². The minimum absolute atomic E-state index is 0.247. The van der Waals surface area contributed by atoms with Gasteiger partial charge < -0.3 is 10.7 Å². The molecule has 0 bridgehead atoms. The van der Waals surface area contributed by atoms with E-state index in [1.54, 1.807) is 12.1 Å². The number of benzene rings is 2. The van der Waals surface area contributed by atoms with Gasteiger partial charge in [0.25, 0.3) is 0 Å². The van der Waals surface area contributed by atoms with E-state index in [1.165, 1.54) is 37.7 Å². The van der Waals surface area contributed by atoms with Crippen LogP contribution in [-0.4, -0.2) is 24.6 Å². The van der Waals surface area contributed by atoms with Crippen molar-refractivity contribution in [2.24, 2.45) is 0 Å². The summed E-state index contributed by atoms with van der Waals surface area (Å²) in [5.74, 6) is 1.50. The average Bonchev–Trinajstić information content (AvgIpc) is 3.43. The third-order valence-corrected chi connectivity index (χ3v) is 6.52. The van der Waals surface area contributed by atoms with Crippen molar-refractivity contribution >= 4 is 22.2 Å². The van der Waals surface area contributed by atoms with Crippen LogP contribution in [0, 0.1) is 5.82 Å². The first-order chi connectivity index (χ1) is 15.7. The number of aromatic nitrogens is 5. The fraction of sp³-hybridized carbons (Fsp3) is 0.240. The van der Waals surface area contributed by atoms with Crippen molar-refractivity contribution in [2.75, 3.05) is 5.73 Å². The van der Waals surface area contributed by atoms with Crippen molar-refractivity contribution in [3.63, 3.8) is 0 Å². The number of H-pyrrole nitrogens is 1. The van der Waals surface area contributed by atoms with Gasteiger partial charge in [-0.15, -0.1) is 0 Å². The third kappa shape index (κ3) is 3.04. The average molecular weight is 426 g/mol. The molecule has 32 heavy (non-hydrogen) atoms. The van der Waals surface area contributed by atoms with E-state index < -0.39 is 0 Å². The minimum Gasteiger partial charge on any atom is -0.382 e. The van der Waals surface area contributed by atoms with E-state index >= 15 is 0 Å². The summed E-state index contributed by atoms with van der Waals surface area (Å²) >= 11 is 0. The van der Waals surface area contributed by atoms with Crippen LogP contribution in [0.5, 0.6) is 0 Å². The van der Waals surface area contributed by atoms with Gasteiger partial charge in [-0.05, 0) is 36.6 Å². The number of anilines is 1. The molecular formula is C25H23FN6. The van der Waals surface area contributed by atoms with Gasteiger partial charge in [-0.3, -0.25) is 0 Å². The molecule has 2 aromatic carbocycles. The first-order valence-corrected chi connectivity index (χ1v) is 11.1. The van der Waals surface area contributed by atoms with Crippen LogP contribution in [0.25, 0.3) is 38.9 Å². The van der Waals surface area contributed by atoms with Crippen LogP contribution < -0.4 is 5.73 Å². The second-order valence-corrected chi connectivity index (χ2v) is 8.52. The number of halogens is 1. The molecule has 160 valence electrons. The Morgan fingerprint density at radius 1 is 1.03 bits per heavy atom. The molecule has 0 aliphatic heterocycles. The Labute approximate surface area is 184 Å². The van der Waals surface area contributed by atoms with Crippen LogP contribution in [0.3, 0.4) is 0 Å². The standard InChI is InChI=1S/C25H23FN6/c26-18-11-9-15(10-12-18)19-8-4-7-17-13-20(30-21(17)19)22-23-24(27)28-14-29-32(23)25(31-22)16-5-2-1-3-6-16/h4,7-14,16,30H,1-3,5-6H2,(H2,27,28,29). The molecule has 0 saturated heterocycles. The molecule has 7 heteroatoms. The van der Waals surface area contributed by atoms with E-state index in [9.17, 15) is 4.39 Å². The SMILES string of the molecule is Nc1ncnn2c(C3CCCCC3)nc(-c3cc4cccc(-c5ccc(F)cc5)c4[nH]3)c12. The van der Waals surface area contributed by atoms with Gasteiger partial charge in [0.15, 0.2) is 5.82 Å². The van der Waals surface area contributed by atoms with Crippen LogP contribution in [0.2, 0.25) is 0 Å². The second kappa shape index (κ2) is 7.44. The summed E-state index contributed by atoms with van der Waals surface area (Å²) in [4.78, 5) is 12.8. The molecule has 1 saturated carbocycles. The van der Waals surface area contributed by atoms with E-state index in [4.69, 9.17) is 10.7 Å². The van der Waals surface area contributed by atoms with Gasteiger partial charge >= 0.3 is 0 Å². The van der Waals surface area contributed by atoms with E-state index in [0.717, 1.165) is 57.6 Å². The molecular weight excluding hydrogens is 403 g/mol. The molecule has 3 N–H and O–H groups in total. The lowest BCUT2D eigenvalue weighted by molar-refractivity contribution is 0.424. The zero-order valence-corrected chi connectivity index (χ0v) is 17.6. The van der Waals surface area contributed by atoms with Gasteiger partial charge in [-0.1, -0.05) is 49.6 Å². The smallest absolute Gasteiger partial charge is 0.153 e. The summed E-state index contributed by atoms with van der Waals surface area (Å²) in [6.07, 6.45) is 7.43. The van der Waals surface area contributed by atoms with Crippen LogP contribution >= 0.6 is 0 Å². The van der Waals surface area contributed by atoms with Gasteiger partial charge in [-0.25, -0.2) is 18.9 Å². The highest BCUT2D eigenvalue weighted by molar-refractivity contribution is 5.98. The number of imidazole rings is 1. The van der Waals surface area contributed by atoms with Crippen LogP contribution in [-0.2, 0) is 0 Å². The summed E-state index contributed by atoms with van der Waals surface area (Å²) in [5.41, 5.74) is 11.6. The van der Waals surface area contributed by atoms with Crippen molar-refractivity contribution in [2.45, 2.75) is 38.0 Å². The molecule has 1 aliphatic rings. The molecule has 0 radical (unpaired) electrons. The van der Waals surface area contributed by atoms with E-state index in [1.807, 2.05) is 16.6 Å². The first kappa shape index (κ1) is 19.0. The van der Waals surface area contributed by atoms with Crippen molar-refractivity contribution in [1.29, 1.82) is 0 Å². The molecule has 0 atom stereocenters. The summed E-state index contributed by atoms with van der Waals surface area (Å²) in [7, 11) is 0. The van der Waals surface area contributed by atoms with Crippen molar-refractivity contribution in [1.82, 2.24) is 24.6 Å². The third-order valence-electron chi connectivity index (χ3n) is 6.52. The van der Waals surface area contributed by atoms with Crippen molar-refractivity contribution in [3.8, 4) is 22.5 Å². The highest BCUT2D eigenvalue weighted by atomic mass is 19.1. The molecule has 3 aromatic heterocycles. The number of nitrogen functional groups attached to an aromatic ring is 1. The topological polar surface area (TPSA) is 84.9 Å². The van der Waals surface area contributed by atoms with Gasteiger partial charge in [0.2, 0.25) is 0 Å². The number of nitrogens with zero attached hydrogens (tertiary/aromatic N) is 4. The molecule has 6 rings (SSSR count). The second-order valence-electron chi connectivity index (χ2n) is 8.52. The maximum Gasteiger partial charge on any atom is 0.153 e. The quantitative estimate of drug-likeness (QED) is 0.387. The Kier molecular flexibility index (Phi) is 4.41. The number of rotatable bonds is 3. The maximum absolute atomic E-state index is 13.4. The number of hydrogen-bond donors (Lipinski definition) is 2. The number of hydrogen-bond acceptors (Lipinski definition) is 4. The predicted octanol–water partition coefficient (Wildman–Crippen LogP) is 5.71. The zero-order chi connectivity index (χ0) is 21.7. The predicted molar refractivity (Wildman–Crippen MR) is 124 cm³/mol. The molecule has 0 amide bonds. The molecule has 3 heterocycles. The Morgan fingerprint density at radius 3 is 2.66 bits per heavy atom. The molecule has 0 spiro atoms. The van der Waals surface area contributed by atoms with Crippen molar-refractivity contribution in [3.05, 3.63) is 66.5 Å². The summed E-state index contributed by atoms with van der Waals surface area (Å²) in [5, 5.41) is 5.56. The summed E-state index contributed by atoms with van der Waals surface area (Å²) < 4.78 is 15.3. The Bertz CT molecular complexity index is 1430. The first-order valence-electron chi connectivity index (χ1n) is 11.1. The van der Waals surface area contributed by atoms with Crippen molar-refractivity contribution < 1.29 is 4.39 Å². The number of nitrogens with one attached hydrogen (secondary N) is 1. The van der Waals surface area contributed by atoms with Gasteiger partial charge in [0.05, 0.1) is 11.2 Å². The van der Waals surface area contributed by atoms with Gasteiger partial charge in [-0.2, -0.15) is 5.10 Å². The zero-order valence-electron chi connectivity index (χ0n) is 17.6. The molecule has 1 aliphatic carbocycles. The Morgan fingerprint density at radius 2 is 1.84 bits per heavy atom.